The van der Waals surface area contributed by atoms with Crippen LogP contribution in [0.4, 0.5) is 11.4 Å². The van der Waals surface area contributed by atoms with Crippen molar-refractivity contribution in [2.45, 2.75) is 24.7 Å². The third-order valence-electron chi connectivity index (χ3n) is 15.1. The fraction of sp³-hybridized carbons (Fsp3) is 0.0714. The van der Waals surface area contributed by atoms with Crippen molar-refractivity contribution in [1.82, 2.24) is 4.57 Å². The molecule has 0 fully saturated rings. The fourth-order valence-corrected chi connectivity index (χ4v) is 12.9. The third kappa shape index (κ3) is 3.31. The van der Waals surface area contributed by atoms with E-state index in [4.69, 9.17) is 0 Å². The standard InChI is InChI=1S/C56H35BN2/c1-55(2)40-22-8-7-19-37(40)50-45(55)31-49-52-51(50)38-21-13-26-44-53(38)59(47-28-12-11-25-43(47)56(44)41-23-9-5-17-34(41)35-18-6-10-24-42(35)56)57(52)46-27-14-20-36-39-29-32-15-3-4-16-33(32)30-48(39)58(49)54(36)46/h3-31H,1-2H3. The third-order valence-corrected chi connectivity index (χ3v) is 15.1. The van der Waals surface area contributed by atoms with Crippen molar-refractivity contribution < 1.29 is 0 Å². The monoisotopic (exact) mass is 746 g/mol. The van der Waals surface area contributed by atoms with Gasteiger partial charge in [-0.3, -0.25) is 0 Å². The zero-order chi connectivity index (χ0) is 38.5. The molecule has 1 spiro atoms. The average Bonchev–Trinajstić information content (AvgIpc) is 3.85. The van der Waals surface area contributed by atoms with E-state index in [0.717, 1.165) is 0 Å². The van der Waals surface area contributed by atoms with Crippen LogP contribution in [0.5, 0.6) is 0 Å². The van der Waals surface area contributed by atoms with E-state index in [2.05, 4.69) is 199 Å². The molecule has 59 heavy (non-hydrogen) atoms. The van der Waals surface area contributed by atoms with Crippen molar-refractivity contribution >= 4 is 61.7 Å². The minimum Gasteiger partial charge on any atom is -0.376 e. The van der Waals surface area contributed by atoms with Gasteiger partial charge in [0.05, 0.1) is 16.4 Å². The van der Waals surface area contributed by atoms with Crippen molar-refractivity contribution in [2.75, 3.05) is 4.81 Å². The van der Waals surface area contributed by atoms with E-state index < -0.39 is 5.41 Å². The summed E-state index contributed by atoms with van der Waals surface area (Å²) in [6, 6.07) is 67.7. The van der Waals surface area contributed by atoms with E-state index in [1.807, 2.05) is 0 Å². The van der Waals surface area contributed by atoms with Crippen LogP contribution in [0.25, 0.3) is 71.6 Å². The van der Waals surface area contributed by atoms with Gasteiger partial charge in [-0.2, -0.15) is 0 Å². The maximum Gasteiger partial charge on any atom is 0.333 e. The number of hydrogen-bond donors (Lipinski definition) is 0. The van der Waals surface area contributed by atoms with Crippen molar-refractivity contribution in [1.29, 1.82) is 0 Å². The van der Waals surface area contributed by atoms with E-state index in [9.17, 15) is 0 Å². The van der Waals surface area contributed by atoms with Gasteiger partial charge in [-0.1, -0.05) is 166 Å². The summed E-state index contributed by atoms with van der Waals surface area (Å²) < 4.78 is 2.65. The van der Waals surface area contributed by atoms with Crippen LogP contribution in [0.15, 0.2) is 176 Å². The van der Waals surface area contributed by atoms with E-state index >= 15 is 0 Å². The summed E-state index contributed by atoms with van der Waals surface area (Å²) >= 11 is 0. The molecular formula is C56H35BN2. The van der Waals surface area contributed by atoms with E-state index in [-0.39, 0.29) is 12.3 Å². The lowest BCUT2D eigenvalue weighted by molar-refractivity contribution is 0.660. The highest BCUT2D eigenvalue weighted by atomic mass is 15.1. The van der Waals surface area contributed by atoms with Gasteiger partial charge >= 0.3 is 6.85 Å². The van der Waals surface area contributed by atoms with Gasteiger partial charge in [0.25, 0.3) is 0 Å². The second-order valence-corrected chi connectivity index (χ2v) is 17.9. The topological polar surface area (TPSA) is 8.17 Å². The average molecular weight is 747 g/mol. The van der Waals surface area contributed by atoms with Crippen molar-refractivity contribution in [3.63, 3.8) is 0 Å². The summed E-state index contributed by atoms with van der Waals surface area (Å²) in [6.07, 6.45) is 0. The van der Waals surface area contributed by atoms with Gasteiger partial charge in [-0.15, -0.1) is 0 Å². The molecule has 1 aromatic heterocycles. The molecule has 0 saturated heterocycles. The molecule has 10 aromatic rings. The van der Waals surface area contributed by atoms with Crippen LogP contribution in [0.2, 0.25) is 0 Å². The molecule has 0 N–H and O–H groups in total. The van der Waals surface area contributed by atoms with Crippen LogP contribution in [0.1, 0.15) is 47.2 Å². The molecule has 9 aromatic carbocycles. The van der Waals surface area contributed by atoms with E-state index in [1.165, 1.54) is 127 Å². The zero-order valence-corrected chi connectivity index (χ0v) is 32.7. The molecule has 2 nitrogen and oxygen atoms in total. The number of aromatic nitrogens is 1. The lowest BCUT2D eigenvalue weighted by Crippen LogP contribution is -2.62. The van der Waals surface area contributed by atoms with Crippen LogP contribution in [0, 0.1) is 0 Å². The Labute approximate surface area is 342 Å². The first-order valence-corrected chi connectivity index (χ1v) is 21.1. The summed E-state index contributed by atoms with van der Waals surface area (Å²) in [4.78, 5) is 2.77. The summed E-state index contributed by atoms with van der Waals surface area (Å²) in [5.41, 5.74) is 25.1. The molecule has 272 valence electrons. The smallest absolute Gasteiger partial charge is 0.333 e. The van der Waals surface area contributed by atoms with Gasteiger partial charge in [-0.05, 0) is 107 Å². The highest BCUT2D eigenvalue weighted by molar-refractivity contribution is 6.94. The summed E-state index contributed by atoms with van der Waals surface area (Å²) in [5, 5.41) is 5.18. The largest absolute Gasteiger partial charge is 0.376 e. The molecule has 3 aliphatic heterocycles. The Morgan fingerprint density at radius 2 is 1.05 bits per heavy atom. The Morgan fingerprint density at radius 3 is 1.83 bits per heavy atom. The predicted octanol–water partition coefficient (Wildman–Crippen LogP) is 12.2. The van der Waals surface area contributed by atoms with Crippen LogP contribution < -0.4 is 15.7 Å². The van der Waals surface area contributed by atoms with Gasteiger partial charge in [0, 0.05) is 38.8 Å². The quantitative estimate of drug-likeness (QED) is 0.140. The van der Waals surface area contributed by atoms with E-state index in [1.54, 1.807) is 0 Å². The van der Waals surface area contributed by atoms with Crippen LogP contribution in [-0.4, -0.2) is 11.4 Å². The molecule has 0 saturated carbocycles. The lowest BCUT2D eigenvalue weighted by Gasteiger charge is -2.51. The van der Waals surface area contributed by atoms with Crippen molar-refractivity contribution in [3.05, 3.63) is 209 Å². The number of nitrogens with zero attached hydrogens (tertiary/aromatic N) is 2. The Bertz CT molecular complexity index is 3580. The van der Waals surface area contributed by atoms with Crippen molar-refractivity contribution in [3.8, 4) is 39.1 Å². The highest BCUT2D eigenvalue weighted by Crippen LogP contribution is 2.66. The molecule has 0 atom stereocenters. The number of para-hydroxylation sites is 3. The second-order valence-electron chi connectivity index (χ2n) is 17.9. The molecule has 3 heteroatoms. The molecule has 5 aliphatic rings. The number of benzene rings is 9. The molecule has 15 rings (SSSR count). The first-order valence-electron chi connectivity index (χ1n) is 21.1. The summed E-state index contributed by atoms with van der Waals surface area (Å²) in [6.45, 7) is 4.83. The predicted molar refractivity (Wildman–Crippen MR) is 246 cm³/mol. The molecule has 0 unspecified atom stereocenters. The molecule has 2 aliphatic carbocycles. The van der Waals surface area contributed by atoms with Gasteiger partial charge in [0.15, 0.2) is 0 Å². The lowest BCUT2D eigenvalue weighted by atomic mass is 9.42. The Kier molecular flexibility index (Phi) is 5.31. The number of fused-ring (bicyclic) bond motifs is 21. The molecule has 0 bridgehead atoms. The molecular weight excluding hydrogens is 711 g/mol. The maximum atomic E-state index is 2.77. The van der Waals surface area contributed by atoms with Crippen LogP contribution in [-0.2, 0) is 10.8 Å². The first kappa shape index (κ1) is 31.0. The second kappa shape index (κ2) is 10.1. The first-order chi connectivity index (χ1) is 29.1. The van der Waals surface area contributed by atoms with Gasteiger partial charge in [-0.25, -0.2) is 0 Å². The summed E-state index contributed by atoms with van der Waals surface area (Å²) in [5.74, 6) is 0. The van der Waals surface area contributed by atoms with Gasteiger partial charge in [0.1, 0.15) is 0 Å². The van der Waals surface area contributed by atoms with Crippen molar-refractivity contribution in [2.24, 2.45) is 0 Å². The maximum absolute atomic E-state index is 2.77. The summed E-state index contributed by atoms with van der Waals surface area (Å²) in [7, 11) is 0. The number of hydrogen-bond acceptors (Lipinski definition) is 1. The van der Waals surface area contributed by atoms with Crippen LogP contribution >= 0.6 is 0 Å². The zero-order valence-electron chi connectivity index (χ0n) is 32.7. The highest BCUT2D eigenvalue weighted by Gasteiger charge is 2.56. The minimum atomic E-state index is -0.475. The SMILES string of the molecule is CC1(C)c2ccccc2-c2c1cc1c3c2-c2cccc4c2N(B3c2cccc3c5cc6ccccc6cc5n-1c23)c1ccccc1C41c2ccccc2-c2ccccc21. The van der Waals surface area contributed by atoms with E-state index in [0.29, 0.717) is 0 Å². The normalized spacial score (nSPS) is 15.8. The van der Waals surface area contributed by atoms with Gasteiger partial charge < -0.3 is 9.38 Å². The number of anilines is 2. The van der Waals surface area contributed by atoms with Crippen LogP contribution in [0.3, 0.4) is 0 Å². The Hall–Kier alpha value is -7.10. The molecule has 0 radical (unpaired) electrons. The Balaban J connectivity index is 1.18. The number of rotatable bonds is 0. The minimum absolute atomic E-state index is 0.0462. The molecule has 4 heterocycles. The fourth-order valence-electron chi connectivity index (χ4n) is 12.9. The molecule has 0 amide bonds. The van der Waals surface area contributed by atoms with Gasteiger partial charge in [0.2, 0.25) is 0 Å². The Morgan fingerprint density at radius 1 is 0.441 bits per heavy atom.